The van der Waals surface area contributed by atoms with Crippen molar-refractivity contribution in [1.29, 1.82) is 0 Å². The second-order valence-electron chi connectivity index (χ2n) is 6.78. The summed E-state index contributed by atoms with van der Waals surface area (Å²) in [5.41, 5.74) is 2.27. The molecule has 0 aromatic heterocycles. The zero-order valence-corrected chi connectivity index (χ0v) is 15.3. The fourth-order valence-electron chi connectivity index (χ4n) is 3.63. The maximum Gasteiger partial charge on any atom is 0.335 e. The fraction of sp³-hybridized carbons (Fsp3) is 0.350. The van der Waals surface area contributed by atoms with Crippen LogP contribution in [0.5, 0.6) is 0 Å². The molecule has 1 heterocycles. The Kier molecular flexibility index (Phi) is 5.91. The maximum absolute atomic E-state index is 13.8. The predicted molar refractivity (Wildman–Crippen MR) is 100.0 cm³/mol. The average molecular weight is 377 g/mol. The molecule has 2 atom stereocenters. The van der Waals surface area contributed by atoms with Gasteiger partial charge in [0, 0.05) is 19.1 Å². The van der Waals surface area contributed by atoms with E-state index in [0.29, 0.717) is 12.5 Å². The summed E-state index contributed by atoms with van der Waals surface area (Å²) in [7, 11) is 2.06. The lowest BCUT2D eigenvalue weighted by atomic mass is 9.93. The van der Waals surface area contributed by atoms with E-state index in [1.165, 1.54) is 6.07 Å². The molecule has 0 aliphatic carbocycles. The van der Waals surface area contributed by atoms with Crippen molar-refractivity contribution < 1.29 is 14.3 Å². The molecular formula is C20H22ClFN2O2. The molecule has 2 N–H and O–H groups in total. The van der Waals surface area contributed by atoms with Gasteiger partial charge < -0.3 is 10.4 Å². The van der Waals surface area contributed by atoms with Crippen LogP contribution in [0.15, 0.2) is 42.5 Å². The van der Waals surface area contributed by atoms with Crippen molar-refractivity contribution >= 4 is 17.6 Å². The molecule has 6 heteroatoms. The third kappa shape index (κ3) is 4.23. The Balaban J connectivity index is 1.61. The van der Waals surface area contributed by atoms with Crippen LogP contribution in [0.4, 0.5) is 4.39 Å². The van der Waals surface area contributed by atoms with Crippen LogP contribution >= 0.6 is 11.6 Å². The lowest BCUT2D eigenvalue weighted by Gasteiger charge is -2.26. The van der Waals surface area contributed by atoms with Gasteiger partial charge in [0.25, 0.3) is 0 Å². The molecule has 0 spiro atoms. The summed E-state index contributed by atoms with van der Waals surface area (Å²) >= 11 is 5.80. The van der Waals surface area contributed by atoms with Crippen LogP contribution in [0.2, 0.25) is 5.02 Å². The number of rotatable bonds is 6. The molecule has 0 amide bonds. The van der Waals surface area contributed by atoms with E-state index in [-0.39, 0.29) is 22.4 Å². The molecule has 2 aromatic carbocycles. The number of benzene rings is 2. The van der Waals surface area contributed by atoms with Gasteiger partial charge in [0.15, 0.2) is 0 Å². The van der Waals surface area contributed by atoms with Crippen LogP contribution in [-0.4, -0.2) is 36.1 Å². The van der Waals surface area contributed by atoms with Gasteiger partial charge in [-0.05, 0) is 61.3 Å². The molecule has 0 radical (unpaired) electrons. The number of nitrogens with zero attached hydrogens (tertiary/aromatic N) is 1. The summed E-state index contributed by atoms with van der Waals surface area (Å²) in [6.07, 6.45) is 1.04. The number of carboxylic acid groups (broad SMARTS) is 1. The van der Waals surface area contributed by atoms with Gasteiger partial charge in [-0.25, -0.2) is 9.18 Å². The number of nitrogens with one attached hydrogen (secondary N) is 1. The Morgan fingerprint density at radius 2 is 2.04 bits per heavy atom. The number of aromatic carboxylic acids is 1. The van der Waals surface area contributed by atoms with E-state index in [4.69, 9.17) is 16.7 Å². The van der Waals surface area contributed by atoms with Crippen LogP contribution in [0.25, 0.3) is 0 Å². The van der Waals surface area contributed by atoms with Crippen LogP contribution in [0.3, 0.4) is 0 Å². The van der Waals surface area contributed by atoms with Gasteiger partial charge in [0.2, 0.25) is 0 Å². The minimum Gasteiger partial charge on any atom is -0.478 e. The molecule has 3 rings (SSSR count). The zero-order valence-electron chi connectivity index (χ0n) is 14.6. The summed E-state index contributed by atoms with van der Waals surface area (Å²) in [5, 5.41) is 12.5. The first-order valence-corrected chi connectivity index (χ1v) is 9.01. The topological polar surface area (TPSA) is 52.6 Å². The molecular weight excluding hydrogens is 355 g/mol. The van der Waals surface area contributed by atoms with Crippen molar-refractivity contribution in [2.24, 2.45) is 5.92 Å². The minimum absolute atomic E-state index is 0.147. The van der Waals surface area contributed by atoms with E-state index in [1.807, 2.05) is 18.2 Å². The van der Waals surface area contributed by atoms with Gasteiger partial charge in [-0.1, -0.05) is 29.8 Å². The summed E-state index contributed by atoms with van der Waals surface area (Å²) in [6.45, 7) is 2.44. The van der Waals surface area contributed by atoms with Gasteiger partial charge in [0.1, 0.15) is 5.82 Å². The van der Waals surface area contributed by atoms with Gasteiger partial charge in [-0.2, -0.15) is 0 Å². The van der Waals surface area contributed by atoms with Crippen molar-refractivity contribution in [1.82, 2.24) is 10.2 Å². The van der Waals surface area contributed by atoms with E-state index >= 15 is 0 Å². The average Bonchev–Trinajstić information content (AvgIpc) is 2.98. The lowest BCUT2D eigenvalue weighted by Crippen LogP contribution is -2.28. The monoisotopic (exact) mass is 376 g/mol. The van der Waals surface area contributed by atoms with Crippen molar-refractivity contribution in [3.63, 3.8) is 0 Å². The number of hydrogen-bond donors (Lipinski definition) is 2. The highest BCUT2D eigenvalue weighted by Crippen LogP contribution is 2.36. The SMILES string of the molecule is CN1CCC(CNCc2ccc(C(=O)O)cc2)C1c1ccc(Cl)c(F)c1. The molecule has 1 aliphatic heterocycles. The standard InChI is InChI=1S/C20H22ClFN2O2/c1-24-9-8-16(19(24)15-6-7-17(21)18(22)10-15)12-23-11-13-2-4-14(5-3-13)20(25)26/h2-7,10,16,19,23H,8-9,11-12H2,1H3,(H,25,26). The van der Waals surface area contributed by atoms with E-state index in [0.717, 1.165) is 30.6 Å². The smallest absolute Gasteiger partial charge is 0.335 e. The Labute approximate surface area is 157 Å². The predicted octanol–water partition coefficient (Wildman–Crippen LogP) is 3.96. The fourth-order valence-corrected chi connectivity index (χ4v) is 3.75. The van der Waals surface area contributed by atoms with Crippen molar-refractivity contribution in [3.8, 4) is 0 Å². The Bertz CT molecular complexity index is 782. The Hall–Kier alpha value is -1.95. The largest absolute Gasteiger partial charge is 0.478 e. The third-order valence-electron chi connectivity index (χ3n) is 5.00. The van der Waals surface area contributed by atoms with E-state index in [2.05, 4.69) is 17.3 Å². The molecule has 1 aliphatic rings. The quantitative estimate of drug-likeness (QED) is 0.801. The molecule has 138 valence electrons. The number of carbonyl (C=O) groups is 1. The molecule has 2 unspecified atom stereocenters. The summed E-state index contributed by atoms with van der Waals surface area (Å²) in [6, 6.07) is 12.1. The minimum atomic E-state index is -0.920. The van der Waals surface area contributed by atoms with E-state index in [9.17, 15) is 9.18 Å². The Morgan fingerprint density at radius 1 is 1.31 bits per heavy atom. The number of carboxylic acids is 1. The van der Waals surface area contributed by atoms with Crippen LogP contribution in [0, 0.1) is 11.7 Å². The van der Waals surface area contributed by atoms with Gasteiger partial charge in [0.05, 0.1) is 10.6 Å². The Morgan fingerprint density at radius 3 is 2.69 bits per heavy atom. The molecule has 4 nitrogen and oxygen atoms in total. The highest BCUT2D eigenvalue weighted by Gasteiger charge is 2.32. The maximum atomic E-state index is 13.8. The van der Waals surface area contributed by atoms with Gasteiger partial charge in [-0.15, -0.1) is 0 Å². The van der Waals surface area contributed by atoms with Crippen molar-refractivity contribution in [2.75, 3.05) is 20.1 Å². The van der Waals surface area contributed by atoms with Crippen molar-refractivity contribution in [2.45, 2.75) is 19.0 Å². The molecule has 0 saturated carbocycles. The van der Waals surface area contributed by atoms with E-state index in [1.54, 1.807) is 18.2 Å². The van der Waals surface area contributed by atoms with Crippen LogP contribution < -0.4 is 5.32 Å². The van der Waals surface area contributed by atoms with Crippen molar-refractivity contribution in [3.05, 3.63) is 70.0 Å². The molecule has 0 bridgehead atoms. The molecule has 2 aromatic rings. The van der Waals surface area contributed by atoms with E-state index < -0.39 is 5.97 Å². The first-order valence-electron chi connectivity index (χ1n) is 8.64. The molecule has 1 fully saturated rings. The van der Waals surface area contributed by atoms with Gasteiger partial charge in [-0.3, -0.25) is 4.90 Å². The van der Waals surface area contributed by atoms with Crippen LogP contribution in [-0.2, 0) is 6.54 Å². The second-order valence-corrected chi connectivity index (χ2v) is 7.19. The van der Waals surface area contributed by atoms with Gasteiger partial charge >= 0.3 is 5.97 Å². The number of halogens is 2. The second kappa shape index (κ2) is 8.16. The summed E-state index contributed by atoms with van der Waals surface area (Å²) < 4.78 is 13.8. The first kappa shape index (κ1) is 18.8. The highest BCUT2D eigenvalue weighted by atomic mass is 35.5. The number of hydrogen-bond acceptors (Lipinski definition) is 3. The zero-order chi connectivity index (χ0) is 18.7. The lowest BCUT2D eigenvalue weighted by molar-refractivity contribution is 0.0697. The molecule has 26 heavy (non-hydrogen) atoms. The normalized spacial score (nSPS) is 20.4. The third-order valence-corrected chi connectivity index (χ3v) is 5.30. The first-order chi connectivity index (χ1) is 12.5. The van der Waals surface area contributed by atoms with Crippen LogP contribution in [0.1, 0.15) is 33.9 Å². The summed E-state index contributed by atoms with van der Waals surface area (Å²) in [4.78, 5) is 13.1. The summed E-state index contributed by atoms with van der Waals surface area (Å²) in [5.74, 6) is -0.926. The molecule has 1 saturated heterocycles. The number of likely N-dealkylation sites (tertiary alicyclic amines) is 1. The highest BCUT2D eigenvalue weighted by molar-refractivity contribution is 6.30.